The van der Waals surface area contributed by atoms with Crippen molar-refractivity contribution in [2.45, 2.75) is 33.2 Å². The molecule has 9 aromatic rings. The number of nitriles is 2. The van der Waals surface area contributed by atoms with Crippen LogP contribution in [0, 0.1) is 35.8 Å². The van der Waals surface area contributed by atoms with E-state index in [0.717, 1.165) is 39.0 Å². The van der Waals surface area contributed by atoms with Gasteiger partial charge in [0.15, 0.2) is 23.3 Å². The van der Waals surface area contributed by atoms with Gasteiger partial charge in [0.1, 0.15) is 17.3 Å². The second-order valence-electron chi connectivity index (χ2n) is 13.2. The molecule has 0 spiro atoms. The minimum atomic E-state index is 0.419. The van der Waals surface area contributed by atoms with E-state index in [0.29, 0.717) is 45.8 Å². The van der Waals surface area contributed by atoms with Crippen LogP contribution >= 0.6 is 43.5 Å². The van der Waals surface area contributed by atoms with Crippen LogP contribution in [0.5, 0.6) is 0 Å². The van der Waals surface area contributed by atoms with Gasteiger partial charge in [0.25, 0.3) is 0 Å². The number of nitrogens with two attached hydrogens (primary N) is 1. The van der Waals surface area contributed by atoms with Gasteiger partial charge in [-0.05, 0) is 91.7 Å². The fourth-order valence-corrected chi connectivity index (χ4v) is 5.76. The second kappa shape index (κ2) is 25.9. The molecule has 0 aromatic carbocycles. The highest BCUT2D eigenvalue weighted by molar-refractivity contribution is 9.10. The van der Waals surface area contributed by atoms with Crippen molar-refractivity contribution < 1.29 is 0 Å². The van der Waals surface area contributed by atoms with E-state index in [9.17, 15) is 0 Å². The van der Waals surface area contributed by atoms with Crippen molar-refractivity contribution in [2.75, 3.05) is 0 Å². The Labute approximate surface area is 407 Å². The summed E-state index contributed by atoms with van der Waals surface area (Å²) >= 11 is 12.1. The van der Waals surface area contributed by atoms with Gasteiger partial charge in [0, 0.05) is 49.9 Å². The van der Waals surface area contributed by atoms with E-state index >= 15 is 0 Å². The predicted octanol–water partition coefficient (Wildman–Crippen LogP) is 9.76. The third kappa shape index (κ3) is 15.5. The molecule has 0 fully saturated rings. The number of aryl methyl sites for hydroxylation is 2. The highest BCUT2D eigenvalue weighted by Crippen LogP contribution is 2.15. The summed E-state index contributed by atoms with van der Waals surface area (Å²) in [5.74, 6) is 2.94. The lowest BCUT2D eigenvalue weighted by Crippen LogP contribution is -2.01. The van der Waals surface area contributed by atoms with Gasteiger partial charge in [-0.1, -0.05) is 55.8 Å². The van der Waals surface area contributed by atoms with Crippen LogP contribution in [0.2, 0.25) is 5.15 Å². The number of halogens is 3. The highest BCUT2D eigenvalue weighted by atomic mass is 79.9. The van der Waals surface area contributed by atoms with Crippen LogP contribution in [-0.4, -0.2) is 64.0 Å². The lowest BCUT2D eigenvalue weighted by Gasteiger charge is -2.00. The molecule has 0 radical (unpaired) electrons. The van der Waals surface area contributed by atoms with E-state index in [1.54, 1.807) is 80.2 Å². The molecule has 0 aliphatic carbocycles. The SMILES string of the molecule is CCc1ccc(-n2cc(Br)cn2)nc1.CCc1ccc(-n2cc(C#N)cn2)nc1.N#Cc1cnn(-c2ccc(CN)cn2)c1.[C-]#[N+]c1ccc(-n2cc(Br)cn2)nc1.[C-]#[N+]c1ccc(Cl)nc1. The summed E-state index contributed by atoms with van der Waals surface area (Å²) in [4.78, 5) is 26.9. The van der Waals surface area contributed by atoms with E-state index < -0.39 is 0 Å². The normalized spacial score (nSPS) is 9.76. The van der Waals surface area contributed by atoms with E-state index in [-0.39, 0.29) is 0 Å². The molecule has 0 aliphatic heterocycles. The topological polar surface area (TPSA) is 218 Å². The highest BCUT2D eigenvalue weighted by Gasteiger charge is 2.04. The van der Waals surface area contributed by atoms with Crippen LogP contribution in [0.25, 0.3) is 33.0 Å². The molecular formula is C46H37Br2ClN18. The van der Waals surface area contributed by atoms with E-state index in [1.165, 1.54) is 35.9 Å². The lowest BCUT2D eigenvalue weighted by atomic mass is 10.2. The van der Waals surface area contributed by atoms with Crippen LogP contribution in [0.15, 0.2) is 150 Å². The van der Waals surface area contributed by atoms with E-state index in [2.05, 4.69) is 107 Å². The van der Waals surface area contributed by atoms with E-state index in [1.807, 2.05) is 61.1 Å². The van der Waals surface area contributed by atoms with Gasteiger partial charge in [0.05, 0.1) is 70.4 Å². The first-order valence-corrected chi connectivity index (χ1v) is 21.7. The summed E-state index contributed by atoms with van der Waals surface area (Å²) < 4.78 is 8.38. The van der Waals surface area contributed by atoms with Crippen molar-refractivity contribution in [3.05, 3.63) is 206 Å². The van der Waals surface area contributed by atoms with Crippen molar-refractivity contribution in [1.29, 1.82) is 10.5 Å². The summed E-state index contributed by atoms with van der Waals surface area (Å²) in [6.07, 6.45) is 23.8. The van der Waals surface area contributed by atoms with Crippen molar-refractivity contribution >= 4 is 54.8 Å². The zero-order valence-corrected chi connectivity index (χ0v) is 39.6. The quantitative estimate of drug-likeness (QED) is 0.117. The van der Waals surface area contributed by atoms with Gasteiger partial charge in [-0.3, -0.25) is 4.98 Å². The Morgan fingerprint density at radius 2 is 0.896 bits per heavy atom. The molecule has 2 N–H and O–H groups in total. The third-order valence-corrected chi connectivity index (χ3v) is 9.69. The van der Waals surface area contributed by atoms with Gasteiger partial charge in [-0.2, -0.15) is 30.9 Å². The summed E-state index contributed by atoms with van der Waals surface area (Å²) in [6, 6.07) is 22.4. The molecule has 0 bridgehead atoms. The number of pyridine rings is 5. The Hall–Kier alpha value is -8.24. The monoisotopic (exact) mass is 1030 g/mol. The molecule has 67 heavy (non-hydrogen) atoms. The minimum Gasteiger partial charge on any atom is -0.326 e. The summed E-state index contributed by atoms with van der Waals surface area (Å²) in [5, 5.41) is 34.0. The maximum Gasteiger partial charge on any atom is 0.205 e. The Morgan fingerprint density at radius 1 is 0.522 bits per heavy atom. The lowest BCUT2D eigenvalue weighted by molar-refractivity contribution is 0.842. The fraction of sp³-hybridized carbons (Fsp3) is 0.109. The number of rotatable bonds is 7. The first kappa shape index (κ1) is 49.8. The molecule has 18 nitrogen and oxygen atoms in total. The Bertz CT molecular complexity index is 3000. The van der Waals surface area contributed by atoms with Crippen LogP contribution in [-0.2, 0) is 19.4 Å². The fourth-order valence-electron chi connectivity index (χ4n) is 5.07. The molecule has 0 amide bonds. The van der Waals surface area contributed by atoms with Gasteiger partial charge in [-0.15, -0.1) is 0 Å². The van der Waals surface area contributed by atoms with Gasteiger partial charge >= 0.3 is 0 Å². The number of hydrogen-bond acceptors (Lipinski definition) is 12. The predicted molar refractivity (Wildman–Crippen MR) is 259 cm³/mol. The van der Waals surface area contributed by atoms with Gasteiger partial charge < -0.3 is 5.73 Å². The first-order valence-electron chi connectivity index (χ1n) is 19.8. The van der Waals surface area contributed by atoms with Crippen molar-refractivity contribution in [1.82, 2.24) is 64.0 Å². The Balaban J connectivity index is 0.000000158. The Kier molecular flexibility index (Phi) is 19.2. The zero-order chi connectivity index (χ0) is 48.0. The smallest absolute Gasteiger partial charge is 0.205 e. The van der Waals surface area contributed by atoms with Crippen molar-refractivity contribution in [3.63, 3.8) is 0 Å². The maximum absolute atomic E-state index is 8.66. The zero-order valence-electron chi connectivity index (χ0n) is 35.7. The number of aromatic nitrogens is 13. The van der Waals surface area contributed by atoms with Crippen molar-refractivity contribution in [3.8, 4) is 35.4 Å². The van der Waals surface area contributed by atoms with Gasteiger partial charge in [-0.25, -0.2) is 48.4 Å². The standard InChI is InChI=1S/C11H10N4.C10H10BrN3.C10H9N5.C9H5BrN4.C6H3ClN2/c1-2-9-3-4-11(13-6-9)15-8-10(5-12)7-14-15;1-2-8-3-4-10(12-5-8)14-7-9(11)6-13-14;11-3-8-1-2-10(13-5-8)15-7-9(4-12)6-14-15;1-11-8-2-3-9(12-5-8)14-6-7(10)4-13-14;1-8-5-2-3-6(7)9-4-5/h3-4,6-8H,2H2,1H3;3-7H,2H2,1H3;1-2,5-7H,3,11H2;2-6H;2-4H. The molecule has 0 unspecified atom stereocenters. The summed E-state index contributed by atoms with van der Waals surface area (Å²) in [6.45, 7) is 18.0. The molecule has 9 heterocycles. The molecule has 0 atom stereocenters. The molecule has 0 aliphatic rings. The summed E-state index contributed by atoms with van der Waals surface area (Å²) in [7, 11) is 0. The average molecular weight is 1040 g/mol. The molecule has 21 heteroatoms. The van der Waals surface area contributed by atoms with Gasteiger partial charge in [0.2, 0.25) is 11.4 Å². The summed E-state index contributed by atoms with van der Waals surface area (Å²) in [5.41, 5.74) is 10.9. The third-order valence-electron chi connectivity index (χ3n) is 8.65. The largest absolute Gasteiger partial charge is 0.326 e. The van der Waals surface area contributed by atoms with Crippen LogP contribution < -0.4 is 5.73 Å². The van der Waals surface area contributed by atoms with Crippen LogP contribution in [0.3, 0.4) is 0 Å². The number of nitrogens with zero attached hydrogens (tertiary/aromatic N) is 17. The van der Waals surface area contributed by atoms with Crippen LogP contribution in [0.4, 0.5) is 11.4 Å². The molecular weight excluding hydrogens is 1000 g/mol. The van der Waals surface area contributed by atoms with Crippen molar-refractivity contribution in [2.24, 2.45) is 5.73 Å². The number of hydrogen-bond donors (Lipinski definition) is 1. The molecule has 332 valence electrons. The Morgan fingerprint density at radius 3 is 1.18 bits per heavy atom. The second-order valence-corrected chi connectivity index (χ2v) is 15.4. The molecule has 0 saturated carbocycles. The molecule has 9 aromatic heterocycles. The molecule has 9 rings (SSSR count). The first-order chi connectivity index (χ1) is 32.6. The maximum atomic E-state index is 8.66. The average Bonchev–Trinajstić information content (AvgIpc) is 4.24. The van der Waals surface area contributed by atoms with E-state index in [4.69, 9.17) is 41.0 Å². The minimum absolute atomic E-state index is 0.419. The van der Waals surface area contributed by atoms with Crippen LogP contribution in [0.1, 0.15) is 41.7 Å². The molecule has 0 saturated heterocycles.